The van der Waals surface area contributed by atoms with Crippen LogP contribution < -0.4 is 5.32 Å². The van der Waals surface area contributed by atoms with Gasteiger partial charge < -0.3 is 14.6 Å². The molecule has 1 N–H and O–H groups in total. The van der Waals surface area contributed by atoms with Gasteiger partial charge in [0.2, 0.25) is 0 Å². The second-order valence-corrected chi connectivity index (χ2v) is 10.7. The van der Waals surface area contributed by atoms with Crippen LogP contribution >= 0.6 is 0 Å². The number of nitrogens with zero attached hydrogens (tertiary/aromatic N) is 1. The van der Waals surface area contributed by atoms with E-state index in [-0.39, 0.29) is 16.8 Å². The highest BCUT2D eigenvalue weighted by Gasteiger charge is 2.19. The molecular weight excluding hydrogens is 488 g/mol. The van der Waals surface area contributed by atoms with Crippen molar-refractivity contribution in [3.63, 3.8) is 0 Å². The molecule has 1 aromatic heterocycles. The van der Waals surface area contributed by atoms with Crippen LogP contribution in [-0.2, 0) is 14.6 Å². The molecule has 0 bridgehead atoms. The van der Waals surface area contributed by atoms with E-state index in [1.54, 1.807) is 31.2 Å². The van der Waals surface area contributed by atoms with E-state index in [0.29, 0.717) is 23.4 Å². The summed E-state index contributed by atoms with van der Waals surface area (Å²) in [6.07, 6.45) is 1.14. The third-order valence-electron chi connectivity index (χ3n) is 6.07. The zero-order chi connectivity index (χ0) is 26.7. The van der Waals surface area contributed by atoms with Crippen molar-refractivity contribution in [2.75, 3.05) is 18.2 Å². The van der Waals surface area contributed by atoms with E-state index in [4.69, 9.17) is 4.74 Å². The average Bonchev–Trinajstić information content (AvgIpc) is 3.17. The summed E-state index contributed by atoms with van der Waals surface area (Å²) in [7, 11) is -3.32. The lowest BCUT2D eigenvalue weighted by Gasteiger charge is -2.16. The number of aryl methyl sites for hydroxylation is 1. The molecule has 1 amide bonds. The van der Waals surface area contributed by atoms with Gasteiger partial charge in [0.25, 0.3) is 5.91 Å². The molecule has 0 fully saturated rings. The molecule has 0 unspecified atom stereocenters. The van der Waals surface area contributed by atoms with Gasteiger partial charge in [0.1, 0.15) is 0 Å². The Morgan fingerprint density at radius 2 is 1.57 bits per heavy atom. The summed E-state index contributed by atoms with van der Waals surface area (Å²) in [6, 6.07) is 23.0. The molecule has 0 saturated carbocycles. The summed E-state index contributed by atoms with van der Waals surface area (Å²) >= 11 is 0. The van der Waals surface area contributed by atoms with Crippen LogP contribution in [0.4, 0.5) is 5.69 Å². The number of esters is 1. The molecule has 1 heterocycles. The molecule has 0 saturated heterocycles. The standard InChI is InChI=1S/C29H28N2O5S/c1-5-36-29(33)22-12-10-21(11-13-22)25-8-6-7-9-27(25)31-19(2)18-26(20(31)3)28(32)30-23-14-16-24(17-15-23)37(4,34)35/h6-18H,5H2,1-4H3,(H,30,32). The van der Waals surface area contributed by atoms with Crippen LogP contribution in [0.1, 0.15) is 39.0 Å². The molecule has 190 valence electrons. The molecule has 4 rings (SSSR count). The van der Waals surface area contributed by atoms with Crippen molar-refractivity contribution >= 4 is 27.4 Å². The number of sulfone groups is 1. The Balaban J connectivity index is 1.65. The highest BCUT2D eigenvalue weighted by atomic mass is 32.2. The number of carbonyl (C=O) groups excluding carboxylic acids is 2. The molecule has 8 heteroatoms. The third kappa shape index (κ3) is 5.49. The van der Waals surface area contributed by atoms with Gasteiger partial charge in [-0.15, -0.1) is 0 Å². The molecule has 0 spiro atoms. The maximum absolute atomic E-state index is 13.1. The molecule has 37 heavy (non-hydrogen) atoms. The monoisotopic (exact) mass is 516 g/mol. The van der Waals surface area contributed by atoms with Gasteiger partial charge in [0, 0.05) is 28.9 Å². The molecule has 0 aliphatic heterocycles. The predicted molar refractivity (Wildman–Crippen MR) is 144 cm³/mol. The SMILES string of the molecule is CCOC(=O)c1ccc(-c2ccccc2-n2c(C)cc(C(=O)Nc3ccc(S(C)(=O)=O)cc3)c2C)cc1. The number of hydrogen-bond acceptors (Lipinski definition) is 5. The quantitative estimate of drug-likeness (QED) is 0.323. The Bertz CT molecular complexity index is 1570. The van der Waals surface area contributed by atoms with Crippen LogP contribution in [0.3, 0.4) is 0 Å². The minimum absolute atomic E-state index is 0.190. The number of aromatic nitrogens is 1. The first-order valence-corrected chi connectivity index (χ1v) is 13.7. The Hall–Kier alpha value is -4.17. The summed E-state index contributed by atoms with van der Waals surface area (Å²) in [5, 5.41) is 2.85. The smallest absolute Gasteiger partial charge is 0.338 e. The van der Waals surface area contributed by atoms with Crippen molar-refractivity contribution in [3.05, 3.63) is 101 Å². The number of carbonyl (C=O) groups is 2. The Morgan fingerprint density at radius 1 is 0.919 bits per heavy atom. The second-order valence-electron chi connectivity index (χ2n) is 8.69. The molecule has 0 aliphatic carbocycles. The molecule has 0 radical (unpaired) electrons. The Morgan fingerprint density at radius 3 is 2.19 bits per heavy atom. The highest BCUT2D eigenvalue weighted by molar-refractivity contribution is 7.90. The van der Waals surface area contributed by atoms with E-state index in [0.717, 1.165) is 34.5 Å². The average molecular weight is 517 g/mol. The van der Waals surface area contributed by atoms with E-state index in [2.05, 4.69) is 5.32 Å². The van der Waals surface area contributed by atoms with Gasteiger partial charge in [-0.05, 0) is 74.9 Å². The van der Waals surface area contributed by atoms with Crippen LogP contribution in [0.5, 0.6) is 0 Å². The summed E-state index contributed by atoms with van der Waals surface area (Å²) in [6.45, 7) is 5.91. The van der Waals surface area contributed by atoms with Crippen molar-refractivity contribution in [2.45, 2.75) is 25.7 Å². The summed E-state index contributed by atoms with van der Waals surface area (Å²) in [4.78, 5) is 25.4. The predicted octanol–water partition coefficient (Wildman–Crippen LogP) is 5.59. The van der Waals surface area contributed by atoms with Gasteiger partial charge >= 0.3 is 5.97 Å². The number of amides is 1. The maximum Gasteiger partial charge on any atom is 0.338 e. The molecule has 7 nitrogen and oxygen atoms in total. The normalized spacial score (nSPS) is 11.2. The fourth-order valence-corrected chi connectivity index (χ4v) is 4.89. The lowest BCUT2D eigenvalue weighted by molar-refractivity contribution is 0.0526. The molecule has 4 aromatic rings. The number of benzene rings is 3. The number of nitrogens with one attached hydrogen (secondary N) is 1. The largest absolute Gasteiger partial charge is 0.462 e. The fraction of sp³-hybridized carbons (Fsp3) is 0.172. The van der Waals surface area contributed by atoms with E-state index in [1.807, 2.05) is 60.9 Å². The van der Waals surface area contributed by atoms with Crippen LogP contribution in [0.15, 0.2) is 83.8 Å². The van der Waals surface area contributed by atoms with E-state index < -0.39 is 9.84 Å². The highest BCUT2D eigenvalue weighted by Crippen LogP contribution is 2.31. The molecule has 3 aromatic carbocycles. The van der Waals surface area contributed by atoms with Crippen molar-refractivity contribution in [1.82, 2.24) is 4.57 Å². The van der Waals surface area contributed by atoms with Gasteiger partial charge in [0.05, 0.1) is 28.3 Å². The van der Waals surface area contributed by atoms with Gasteiger partial charge in [-0.2, -0.15) is 0 Å². The number of hydrogen-bond donors (Lipinski definition) is 1. The summed E-state index contributed by atoms with van der Waals surface area (Å²) < 4.78 is 30.5. The number of para-hydroxylation sites is 1. The van der Waals surface area contributed by atoms with Crippen LogP contribution in [0.25, 0.3) is 16.8 Å². The van der Waals surface area contributed by atoms with Crippen molar-refractivity contribution in [1.29, 1.82) is 0 Å². The number of ether oxygens (including phenoxy) is 1. The first-order valence-electron chi connectivity index (χ1n) is 11.8. The van der Waals surface area contributed by atoms with Crippen LogP contribution in [0.2, 0.25) is 0 Å². The molecular formula is C29H28N2O5S. The van der Waals surface area contributed by atoms with Gasteiger partial charge in [0.15, 0.2) is 9.84 Å². The first kappa shape index (κ1) is 25.9. The number of anilines is 1. The zero-order valence-electron chi connectivity index (χ0n) is 21.1. The van der Waals surface area contributed by atoms with Gasteiger partial charge in [-0.1, -0.05) is 30.3 Å². The van der Waals surface area contributed by atoms with Crippen LogP contribution in [0, 0.1) is 13.8 Å². The van der Waals surface area contributed by atoms with E-state index in [1.165, 1.54) is 12.1 Å². The third-order valence-corrected chi connectivity index (χ3v) is 7.20. The van der Waals surface area contributed by atoms with Crippen molar-refractivity contribution < 1.29 is 22.7 Å². The second kappa shape index (κ2) is 10.4. The lowest BCUT2D eigenvalue weighted by atomic mass is 10.0. The molecule has 0 aliphatic rings. The summed E-state index contributed by atoms with van der Waals surface area (Å²) in [5.74, 6) is -0.649. The first-order chi connectivity index (χ1) is 17.6. The minimum Gasteiger partial charge on any atom is -0.462 e. The molecule has 0 atom stereocenters. The minimum atomic E-state index is -3.32. The lowest BCUT2D eigenvalue weighted by Crippen LogP contribution is -2.13. The van der Waals surface area contributed by atoms with Crippen molar-refractivity contribution in [3.8, 4) is 16.8 Å². The maximum atomic E-state index is 13.1. The van der Waals surface area contributed by atoms with E-state index in [9.17, 15) is 18.0 Å². The zero-order valence-corrected chi connectivity index (χ0v) is 21.9. The Labute approximate surface area is 216 Å². The fourth-order valence-electron chi connectivity index (χ4n) is 4.26. The van der Waals surface area contributed by atoms with Gasteiger partial charge in [-0.3, -0.25) is 4.79 Å². The summed E-state index contributed by atoms with van der Waals surface area (Å²) in [5.41, 5.74) is 5.92. The number of rotatable bonds is 7. The van der Waals surface area contributed by atoms with E-state index >= 15 is 0 Å². The Kier molecular flexibility index (Phi) is 7.31. The van der Waals surface area contributed by atoms with Crippen molar-refractivity contribution in [2.24, 2.45) is 0 Å². The van der Waals surface area contributed by atoms with Gasteiger partial charge in [-0.25, -0.2) is 13.2 Å². The topological polar surface area (TPSA) is 94.5 Å². The van der Waals surface area contributed by atoms with Crippen LogP contribution in [-0.4, -0.2) is 37.7 Å².